The zero-order valence-electron chi connectivity index (χ0n) is 12.2. The normalized spacial score (nSPS) is 21.0. The van der Waals surface area contributed by atoms with E-state index in [-0.39, 0.29) is 5.82 Å². The first kappa shape index (κ1) is 14.6. The maximum atomic E-state index is 13.9. The van der Waals surface area contributed by atoms with Gasteiger partial charge in [0.25, 0.3) is 0 Å². The second kappa shape index (κ2) is 6.63. The summed E-state index contributed by atoms with van der Waals surface area (Å²) in [5.41, 5.74) is 2.80. The first-order valence-corrected chi connectivity index (χ1v) is 8.40. The molecule has 0 spiro atoms. The summed E-state index contributed by atoms with van der Waals surface area (Å²) in [4.78, 5) is 0.754. The number of nitrogens with one attached hydrogen (secondary N) is 1. The highest BCUT2D eigenvalue weighted by Gasteiger charge is 2.29. The van der Waals surface area contributed by atoms with Gasteiger partial charge in [-0.3, -0.25) is 0 Å². The van der Waals surface area contributed by atoms with Crippen LogP contribution in [0.5, 0.6) is 0 Å². The molecular weight excluding hydrogens is 281 g/mol. The molecule has 1 aliphatic carbocycles. The van der Waals surface area contributed by atoms with Crippen LogP contribution in [0.15, 0.2) is 53.4 Å². The molecule has 2 aromatic carbocycles. The largest absolute Gasteiger partial charge is 0.309 e. The van der Waals surface area contributed by atoms with Crippen molar-refractivity contribution >= 4 is 11.8 Å². The molecule has 1 N–H and O–H groups in total. The van der Waals surface area contributed by atoms with E-state index in [1.807, 2.05) is 12.1 Å². The zero-order valence-corrected chi connectivity index (χ0v) is 13.0. The Kier molecular flexibility index (Phi) is 4.61. The smallest absolute Gasteiger partial charge is 0.136 e. The lowest BCUT2D eigenvalue weighted by atomic mass is 9.87. The molecule has 0 bridgehead atoms. The van der Waals surface area contributed by atoms with E-state index in [1.54, 1.807) is 23.9 Å². The minimum atomic E-state index is -0.114. The molecule has 2 unspecified atom stereocenters. The van der Waals surface area contributed by atoms with Crippen molar-refractivity contribution in [3.8, 4) is 0 Å². The summed E-state index contributed by atoms with van der Waals surface area (Å²) in [5.74, 6) is -0.114. The third kappa shape index (κ3) is 3.14. The number of fused-ring (bicyclic) bond motifs is 1. The van der Waals surface area contributed by atoms with Crippen LogP contribution in [0.2, 0.25) is 0 Å². The van der Waals surface area contributed by atoms with E-state index in [2.05, 4.69) is 36.5 Å². The molecule has 0 fully saturated rings. The van der Waals surface area contributed by atoms with Crippen molar-refractivity contribution < 1.29 is 4.39 Å². The summed E-state index contributed by atoms with van der Waals surface area (Å²) in [6, 6.07) is 16.0. The number of hydrogen-bond acceptors (Lipinski definition) is 2. The molecule has 0 aromatic heterocycles. The maximum absolute atomic E-state index is 13.9. The van der Waals surface area contributed by atoms with Crippen molar-refractivity contribution in [3.63, 3.8) is 0 Å². The molecule has 21 heavy (non-hydrogen) atoms. The Morgan fingerprint density at radius 3 is 2.71 bits per heavy atom. The number of aryl methyl sites for hydroxylation is 1. The standard InChI is InChI=1S/C18H20FNS/c1-2-20-18-14-8-4-3-7-13(14)11-12-17(18)21-16-10-6-5-9-15(16)19/h3-10,17-18,20H,2,11-12H2,1H3. The van der Waals surface area contributed by atoms with Crippen LogP contribution in [-0.4, -0.2) is 11.8 Å². The van der Waals surface area contributed by atoms with Crippen LogP contribution >= 0.6 is 11.8 Å². The minimum absolute atomic E-state index is 0.114. The predicted octanol–water partition coefficient (Wildman–Crippen LogP) is 4.58. The third-order valence-corrected chi connectivity index (χ3v) is 5.39. The van der Waals surface area contributed by atoms with E-state index in [0.717, 1.165) is 24.3 Å². The van der Waals surface area contributed by atoms with Crippen molar-refractivity contribution in [2.24, 2.45) is 0 Å². The van der Waals surface area contributed by atoms with Gasteiger partial charge < -0.3 is 5.32 Å². The van der Waals surface area contributed by atoms with Crippen molar-refractivity contribution in [1.29, 1.82) is 0 Å². The molecule has 110 valence electrons. The van der Waals surface area contributed by atoms with Crippen LogP contribution < -0.4 is 5.32 Å². The van der Waals surface area contributed by atoms with Gasteiger partial charge >= 0.3 is 0 Å². The Bertz CT molecular complexity index is 614. The van der Waals surface area contributed by atoms with Gasteiger partial charge in [0.05, 0.1) is 0 Å². The fraction of sp³-hybridized carbons (Fsp3) is 0.333. The van der Waals surface area contributed by atoms with Crippen LogP contribution in [0.3, 0.4) is 0 Å². The van der Waals surface area contributed by atoms with Crippen molar-refractivity contribution in [1.82, 2.24) is 5.32 Å². The molecule has 3 heteroatoms. The van der Waals surface area contributed by atoms with Crippen LogP contribution in [0.25, 0.3) is 0 Å². The summed E-state index contributed by atoms with van der Waals surface area (Å²) in [5, 5.41) is 3.96. The van der Waals surface area contributed by atoms with Crippen molar-refractivity contribution in [2.45, 2.75) is 36.0 Å². The quantitative estimate of drug-likeness (QED) is 0.887. The Morgan fingerprint density at radius 1 is 1.14 bits per heavy atom. The molecule has 0 heterocycles. The fourth-order valence-electron chi connectivity index (χ4n) is 3.02. The van der Waals surface area contributed by atoms with Crippen LogP contribution in [0, 0.1) is 5.82 Å². The monoisotopic (exact) mass is 301 g/mol. The minimum Gasteiger partial charge on any atom is -0.309 e. The molecule has 2 atom stereocenters. The third-order valence-electron chi connectivity index (χ3n) is 4.00. The Balaban J connectivity index is 1.87. The van der Waals surface area contributed by atoms with Gasteiger partial charge in [0.2, 0.25) is 0 Å². The van der Waals surface area contributed by atoms with Crippen molar-refractivity contribution in [3.05, 3.63) is 65.5 Å². The average molecular weight is 301 g/mol. The summed E-state index contributed by atoms with van der Waals surface area (Å²) < 4.78 is 13.9. The van der Waals surface area contributed by atoms with E-state index in [4.69, 9.17) is 0 Å². The van der Waals surface area contributed by atoms with Gasteiger partial charge in [-0.05, 0) is 42.6 Å². The molecular formula is C18H20FNS. The highest BCUT2D eigenvalue weighted by molar-refractivity contribution is 8.00. The van der Waals surface area contributed by atoms with Gasteiger partial charge in [-0.2, -0.15) is 0 Å². The van der Waals surface area contributed by atoms with E-state index in [1.165, 1.54) is 11.1 Å². The molecule has 0 saturated carbocycles. The number of rotatable bonds is 4. The molecule has 1 nitrogen and oxygen atoms in total. The number of halogens is 1. The number of benzene rings is 2. The Morgan fingerprint density at radius 2 is 1.90 bits per heavy atom. The van der Waals surface area contributed by atoms with Crippen LogP contribution in [0.1, 0.15) is 30.5 Å². The Hall–Kier alpha value is -1.32. The maximum Gasteiger partial charge on any atom is 0.136 e. The first-order chi connectivity index (χ1) is 10.3. The van der Waals surface area contributed by atoms with Gasteiger partial charge in [0.1, 0.15) is 5.82 Å². The number of thioether (sulfide) groups is 1. The molecule has 1 aliphatic rings. The second-order valence-corrected chi connectivity index (χ2v) is 6.64. The van der Waals surface area contributed by atoms with Gasteiger partial charge in [-0.25, -0.2) is 4.39 Å². The SMILES string of the molecule is CCNC1c2ccccc2CCC1Sc1ccccc1F. The van der Waals surface area contributed by atoms with E-state index in [0.29, 0.717) is 11.3 Å². The van der Waals surface area contributed by atoms with Crippen molar-refractivity contribution in [2.75, 3.05) is 6.54 Å². The lowest BCUT2D eigenvalue weighted by Crippen LogP contribution is -2.34. The lowest BCUT2D eigenvalue weighted by Gasteiger charge is -2.34. The summed E-state index contributed by atoms with van der Waals surface area (Å²) in [6.07, 6.45) is 2.15. The van der Waals surface area contributed by atoms with E-state index < -0.39 is 0 Å². The molecule has 0 amide bonds. The molecule has 2 aromatic rings. The van der Waals surface area contributed by atoms with Crippen LogP contribution in [-0.2, 0) is 6.42 Å². The number of hydrogen-bond donors (Lipinski definition) is 1. The highest BCUT2D eigenvalue weighted by Crippen LogP contribution is 2.40. The lowest BCUT2D eigenvalue weighted by molar-refractivity contribution is 0.483. The molecule has 0 aliphatic heterocycles. The van der Waals surface area contributed by atoms with Gasteiger partial charge in [-0.1, -0.05) is 43.3 Å². The van der Waals surface area contributed by atoms with Gasteiger partial charge in [-0.15, -0.1) is 11.8 Å². The topological polar surface area (TPSA) is 12.0 Å². The molecule has 3 rings (SSSR count). The summed E-state index contributed by atoms with van der Waals surface area (Å²) >= 11 is 1.67. The fourth-order valence-corrected chi connectivity index (χ4v) is 4.30. The van der Waals surface area contributed by atoms with E-state index in [9.17, 15) is 4.39 Å². The van der Waals surface area contributed by atoms with Crippen LogP contribution in [0.4, 0.5) is 4.39 Å². The Labute approximate surface area is 130 Å². The first-order valence-electron chi connectivity index (χ1n) is 7.52. The van der Waals surface area contributed by atoms with E-state index >= 15 is 0 Å². The zero-order chi connectivity index (χ0) is 14.7. The summed E-state index contributed by atoms with van der Waals surface area (Å²) in [7, 11) is 0. The summed E-state index contributed by atoms with van der Waals surface area (Å²) in [6.45, 7) is 3.05. The van der Waals surface area contributed by atoms with Gasteiger partial charge in [0.15, 0.2) is 0 Å². The second-order valence-electron chi connectivity index (χ2n) is 5.36. The highest BCUT2D eigenvalue weighted by atomic mass is 32.2. The molecule has 0 radical (unpaired) electrons. The van der Waals surface area contributed by atoms with Gasteiger partial charge in [0, 0.05) is 16.2 Å². The molecule has 0 saturated heterocycles. The predicted molar refractivity (Wildman–Crippen MR) is 87.2 cm³/mol. The average Bonchev–Trinajstić information content (AvgIpc) is 2.52.